The molecule has 4 N–H and O–H groups in total. The number of esters is 1. The summed E-state index contributed by atoms with van der Waals surface area (Å²) >= 11 is 0. The fourth-order valence-electron chi connectivity index (χ4n) is 3.72. The Balaban J connectivity index is 2.62. The van der Waals surface area contributed by atoms with Gasteiger partial charge in [-0.25, -0.2) is 0 Å². The summed E-state index contributed by atoms with van der Waals surface area (Å²) in [7, 11) is 0. The molecule has 32 heavy (non-hydrogen) atoms. The Morgan fingerprint density at radius 1 is 0.844 bits per heavy atom. The highest BCUT2D eigenvalue weighted by atomic mass is 17.0. The lowest BCUT2D eigenvalue weighted by atomic mass is 10.0. The van der Waals surface area contributed by atoms with Gasteiger partial charge in [0, 0.05) is 0 Å². The maximum absolute atomic E-state index is 12.5. The first-order valence-corrected chi connectivity index (χ1v) is 12.0. The summed E-state index contributed by atoms with van der Waals surface area (Å²) in [5, 5.41) is 37.9. The van der Waals surface area contributed by atoms with E-state index in [1.807, 2.05) is 0 Å². The van der Waals surface area contributed by atoms with Gasteiger partial charge in [-0.15, -0.1) is 0 Å². The van der Waals surface area contributed by atoms with Gasteiger partial charge in [0.2, 0.25) is 0 Å². The molecule has 1 aliphatic heterocycles. The number of ether oxygens (including phenoxy) is 3. The molecule has 3 atom stereocenters. The number of carbonyl (C=O) groups is 2. The van der Waals surface area contributed by atoms with Crippen molar-refractivity contribution in [3.63, 3.8) is 0 Å². The van der Waals surface area contributed by atoms with E-state index in [0.717, 1.165) is 64.2 Å². The van der Waals surface area contributed by atoms with Gasteiger partial charge in [-0.2, -0.15) is 0 Å². The number of aliphatic carboxylic acids is 1. The van der Waals surface area contributed by atoms with Crippen molar-refractivity contribution < 1.29 is 44.2 Å². The number of unbranched alkanes of at least 4 members (excludes halogenated alkanes) is 8. The van der Waals surface area contributed by atoms with Gasteiger partial charge in [-0.3, -0.25) is 14.3 Å². The molecule has 1 fully saturated rings. The number of carbonyl (C=O) groups excluding carboxylic acids is 1. The zero-order chi connectivity index (χ0) is 24.0. The molecule has 0 bridgehead atoms. The maximum atomic E-state index is 12.5. The van der Waals surface area contributed by atoms with Gasteiger partial charge < -0.3 is 29.9 Å². The summed E-state index contributed by atoms with van der Waals surface area (Å²) in [6.07, 6.45) is 8.92. The van der Waals surface area contributed by atoms with Crippen LogP contribution in [-0.4, -0.2) is 62.9 Å². The Bertz CT molecular complexity index is 552. The first-order valence-electron chi connectivity index (χ1n) is 12.0. The van der Waals surface area contributed by atoms with Crippen LogP contribution in [0.5, 0.6) is 0 Å². The molecule has 0 amide bonds. The Morgan fingerprint density at radius 2 is 1.34 bits per heavy atom. The third-order valence-electron chi connectivity index (χ3n) is 5.68. The van der Waals surface area contributed by atoms with Crippen LogP contribution in [0.4, 0.5) is 0 Å². The van der Waals surface area contributed by atoms with E-state index in [4.69, 9.17) is 19.3 Å². The predicted octanol–water partition coefficient (Wildman–Crippen LogP) is 3.23. The van der Waals surface area contributed by atoms with Crippen molar-refractivity contribution in [1.29, 1.82) is 0 Å². The lowest BCUT2D eigenvalue weighted by molar-refractivity contribution is -0.187. The van der Waals surface area contributed by atoms with Gasteiger partial charge >= 0.3 is 17.9 Å². The van der Waals surface area contributed by atoms with E-state index in [9.17, 15) is 24.9 Å². The van der Waals surface area contributed by atoms with E-state index >= 15 is 0 Å². The number of rotatable bonds is 20. The molecule has 9 nitrogen and oxygen atoms in total. The van der Waals surface area contributed by atoms with Crippen molar-refractivity contribution in [3.05, 3.63) is 0 Å². The quantitative estimate of drug-likeness (QED) is 0.0926. The standard InChI is InChI=1S/C23H42O9/c1-3-5-7-9-11-13-18(15-20(25)26)30-21(27)16-19(14-12-10-8-6-4-2)31-22(17-24)23(28,29)32-22/h18-19,24,28-29H,3-17H2,1-2H3,(H,25,26). The van der Waals surface area contributed by atoms with Crippen LogP contribution in [0.15, 0.2) is 0 Å². The Hall–Kier alpha value is -1.26. The number of aliphatic hydroxyl groups is 3. The number of carboxylic acids is 1. The van der Waals surface area contributed by atoms with Gasteiger partial charge in [0.05, 0.1) is 18.9 Å². The highest BCUT2D eigenvalue weighted by Crippen LogP contribution is 2.45. The van der Waals surface area contributed by atoms with E-state index in [2.05, 4.69) is 13.8 Å². The first-order chi connectivity index (χ1) is 15.2. The molecule has 0 aromatic heterocycles. The third kappa shape index (κ3) is 10.6. The zero-order valence-corrected chi connectivity index (χ0v) is 19.6. The maximum Gasteiger partial charge on any atom is 0.341 e. The average Bonchev–Trinajstić information content (AvgIpc) is 3.27. The number of hydrogen-bond donors (Lipinski definition) is 4. The summed E-state index contributed by atoms with van der Waals surface area (Å²) in [6, 6.07) is 0. The van der Waals surface area contributed by atoms with Crippen LogP contribution in [0.3, 0.4) is 0 Å². The molecule has 188 valence electrons. The molecule has 0 aliphatic carbocycles. The topological polar surface area (TPSA) is 146 Å². The van der Waals surface area contributed by atoms with Crippen LogP contribution in [0, 0.1) is 0 Å². The Labute approximate surface area is 191 Å². The van der Waals surface area contributed by atoms with Crippen molar-refractivity contribution >= 4 is 11.9 Å². The molecule has 0 saturated carbocycles. The smallest absolute Gasteiger partial charge is 0.341 e. The van der Waals surface area contributed by atoms with Crippen LogP contribution in [0.25, 0.3) is 0 Å². The van der Waals surface area contributed by atoms with Crippen molar-refractivity contribution in [1.82, 2.24) is 0 Å². The summed E-state index contributed by atoms with van der Waals surface area (Å²) in [6.45, 7) is 3.44. The van der Waals surface area contributed by atoms with E-state index in [1.54, 1.807) is 0 Å². The second kappa shape index (κ2) is 14.8. The number of carboxylic acid groups (broad SMARTS) is 1. The second-order valence-electron chi connectivity index (χ2n) is 8.68. The lowest BCUT2D eigenvalue weighted by Crippen LogP contribution is -2.37. The van der Waals surface area contributed by atoms with Gasteiger partial charge in [-0.05, 0) is 19.3 Å². The average molecular weight is 463 g/mol. The molecule has 1 saturated heterocycles. The lowest BCUT2D eigenvalue weighted by Gasteiger charge is -2.23. The summed E-state index contributed by atoms with van der Waals surface area (Å²) in [5.74, 6) is -6.22. The van der Waals surface area contributed by atoms with Gasteiger partial charge in [0.1, 0.15) is 12.7 Å². The normalized spacial score (nSPS) is 21.2. The van der Waals surface area contributed by atoms with E-state index in [-0.39, 0.29) is 12.8 Å². The number of aliphatic hydroxyl groups excluding tert-OH is 1. The molecule has 1 rings (SSSR count). The minimum atomic E-state index is -2.60. The van der Waals surface area contributed by atoms with Gasteiger partial charge in [0.15, 0.2) is 0 Å². The fraction of sp³-hybridized carbons (Fsp3) is 0.913. The van der Waals surface area contributed by atoms with Crippen LogP contribution < -0.4 is 0 Å². The molecule has 0 spiro atoms. The van der Waals surface area contributed by atoms with Crippen molar-refractivity contribution in [3.8, 4) is 0 Å². The SMILES string of the molecule is CCCCCCCC(CC(=O)O)OC(=O)CC(CCCCCCC)OC1(CO)OC1(O)O. The van der Waals surface area contributed by atoms with E-state index in [1.165, 1.54) is 0 Å². The summed E-state index contributed by atoms with van der Waals surface area (Å²) in [5.41, 5.74) is 0. The predicted molar refractivity (Wildman–Crippen MR) is 116 cm³/mol. The molecule has 0 aromatic rings. The van der Waals surface area contributed by atoms with Crippen molar-refractivity contribution in [2.75, 3.05) is 6.61 Å². The highest BCUT2D eigenvalue weighted by Gasteiger charge is 2.73. The van der Waals surface area contributed by atoms with Gasteiger partial charge in [0.25, 0.3) is 5.79 Å². The number of epoxide rings is 1. The molecular weight excluding hydrogens is 420 g/mol. The number of hydrogen-bond acceptors (Lipinski definition) is 8. The molecular formula is C23H42O9. The molecule has 1 heterocycles. The first kappa shape index (κ1) is 28.8. The third-order valence-corrected chi connectivity index (χ3v) is 5.68. The second-order valence-corrected chi connectivity index (χ2v) is 8.68. The van der Waals surface area contributed by atoms with E-state index in [0.29, 0.717) is 12.8 Å². The molecule has 0 radical (unpaired) electrons. The molecule has 0 aromatic carbocycles. The molecule has 9 heteroatoms. The minimum Gasteiger partial charge on any atom is -0.481 e. The van der Waals surface area contributed by atoms with E-state index < -0.39 is 42.5 Å². The van der Waals surface area contributed by atoms with Gasteiger partial charge in [-0.1, -0.05) is 71.6 Å². The van der Waals surface area contributed by atoms with Crippen LogP contribution in [0.2, 0.25) is 0 Å². The largest absolute Gasteiger partial charge is 0.481 e. The zero-order valence-electron chi connectivity index (χ0n) is 19.6. The molecule has 3 unspecified atom stereocenters. The fourth-order valence-corrected chi connectivity index (χ4v) is 3.72. The molecule has 1 aliphatic rings. The minimum absolute atomic E-state index is 0.194. The summed E-state index contributed by atoms with van der Waals surface area (Å²) in [4.78, 5) is 23.7. The van der Waals surface area contributed by atoms with Crippen LogP contribution in [0.1, 0.15) is 104 Å². The van der Waals surface area contributed by atoms with Crippen LogP contribution >= 0.6 is 0 Å². The summed E-state index contributed by atoms with van der Waals surface area (Å²) < 4.78 is 15.8. The Morgan fingerprint density at radius 3 is 1.78 bits per heavy atom. The van der Waals surface area contributed by atoms with Crippen molar-refractivity contribution in [2.45, 2.75) is 128 Å². The monoisotopic (exact) mass is 462 g/mol. The highest BCUT2D eigenvalue weighted by molar-refractivity contribution is 5.72. The Kier molecular flexibility index (Phi) is 13.3. The van der Waals surface area contributed by atoms with Crippen LogP contribution in [-0.2, 0) is 23.8 Å². The van der Waals surface area contributed by atoms with Crippen molar-refractivity contribution in [2.24, 2.45) is 0 Å².